The van der Waals surface area contributed by atoms with Gasteiger partial charge in [-0.3, -0.25) is 4.79 Å². The number of ether oxygens (including phenoxy) is 1. The van der Waals surface area contributed by atoms with Crippen LogP contribution in [0.5, 0.6) is 5.75 Å². The molecule has 0 aromatic carbocycles. The molecule has 21 heavy (non-hydrogen) atoms. The molecule has 0 spiro atoms. The van der Waals surface area contributed by atoms with Gasteiger partial charge < -0.3 is 15.2 Å². The van der Waals surface area contributed by atoms with Crippen LogP contribution in [0.2, 0.25) is 0 Å². The summed E-state index contributed by atoms with van der Waals surface area (Å²) < 4.78 is 5.12. The van der Waals surface area contributed by atoms with E-state index >= 15 is 0 Å². The monoisotopic (exact) mass is 302 g/mol. The molecule has 1 amide bonds. The number of anilines is 1. The first-order valence-corrected chi connectivity index (χ1v) is 7.12. The molecule has 0 radical (unpaired) electrons. The smallest absolute Gasteiger partial charge is 0.270 e. The maximum Gasteiger partial charge on any atom is 0.270 e. The fourth-order valence-corrected chi connectivity index (χ4v) is 2.33. The van der Waals surface area contributed by atoms with Gasteiger partial charge in [0.1, 0.15) is 22.1 Å². The summed E-state index contributed by atoms with van der Waals surface area (Å²) in [6, 6.07) is 6.93. The number of thiophene rings is 1. The Kier molecular flexibility index (Phi) is 5.32. The number of aliphatic hydroxyl groups excluding tert-OH is 1. The lowest BCUT2D eigenvalue weighted by Crippen LogP contribution is -2.12. The number of hydrogen-bond donors (Lipinski definition) is 2. The predicted octanol–water partition coefficient (Wildman–Crippen LogP) is 2.14. The zero-order valence-electron chi connectivity index (χ0n) is 11.4. The highest BCUT2D eigenvalue weighted by Gasteiger charge is 2.14. The van der Waals surface area contributed by atoms with E-state index in [0.29, 0.717) is 28.6 Å². The Hall–Kier alpha value is -2.36. The van der Waals surface area contributed by atoms with Gasteiger partial charge in [0.2, 0.25) is 0 Å². The molecule has 2 heterocycles. The third-order valence-electron chi connectivity index (χ3n) is 2.50. The fourth-order valence-electron chi connectivity index (χ4n) is 1.58. The van der Waals surface area contributed by atoms with Crippen molar-refractivity contribution in [3.05, 3.63) is 40.2 Å². The Balaban J connectivity index is 2.11. The van der Waals surface area contributed by atoms with E-state index in [1.807, 2.05) is 0 Å². The Morgan fingerprint density at radius 2 is 2.33 bits per heavy atom. The predicted molar refractivity (Wildman–Crippen MR) is 81.6 cm³/mol. The van der Waals surface area contributed by atoms with Gasteiger partial charge in [0.15, 0.2) is 0 Å². The average molecular weight is 302 g/mol. The number of pyridine rings is 1. The molecule has 0 aliphatic heterocycles. The summed E-state index contributed by atoms with van der Waals surface area (Å²) in [5, 5.41) is 13.2. The largest absolute Gasteiger partial charge is 0.495 e. The number of amides is 1. The first-order valence-electron chi connectivity index (χ1n) is 6.24. The number of rotatable bonds is 4. The van der Waals surface area contributed by atoms with Gasteiger partial charge in [-0.15, -0.1) is 11.3 Å². The molecular weight excluding hydrogens is 288 g/mol. The van der Waals surface area contributed by atoms with Crippen LogP contribution in [0.4, 0.5) is 5.82 Å². The lowest BCUT2D eigenvalue weighted by molar-refractivity contribution is 0.102. The molecule has 5 nitrogen and oxygen atoms in total. The molecule has 0 saturated carbocycles. The van der Waals surface area contributed by atoms with Crippen molar-refractivity contribution in [2.75, 3.05) is 19.0 Å². The van der Waals surface area contributed by atoms with Gasteiger partial charge in [0.05, 0.1) is 13.7 Å². The van der Waals surface area contributed by atoms with Gasteiger partial charge in [-0.25, -0.2) is 4.98 Å². The zero-order valence-corrected chi connectivity index (χ0v) is 12.2. The second-order valence-electron chi connectivity index (χ2n) is 3.96. The molecule has 0 fully saturated rings. The van der Waals surface area contributed by atoms with Crippen LogP contribution in [0.3, 0.4) is 0 Å². The average Bonchev–Trinajstić information content (AvgIpc) is 2.96. The summed E-state index contributed by atoms with van der Waals surface area (Å²) >= 11 is 1.30. The van der Waals surface area contributed by atoms with Crippen LogP contribution in [-0.2, 0) is 0 Å². The maximum absolute atomic E-state index is 12.1. The molecule has 2 N–H and O–H groups in total. The molecule has 2 aromatic rings. The Bertz CT molecular complexity index is 685. The Labute approximate surface area is 126 Å². The molecule has 0 bridgehead atoms. The van der Waals surface area contributed by atoms with E-state index in [1.165, 1.54) is 18.4 Å². The third-order valence-corrected chi connectivity index (χ3v) is 3.39. The van der Waals surface area contributed by atoms with Gasteiger partial charge in [0, 0.05) is 6.42 Å². The van der Waals surface area contributed by atoms with Crippen molar-refractivity contribution in [1.29, 1.82) is 0 Å². The van der Waals surface area contributed by atoms with Crippen molar-refractivity contribution in [2.24, 2.45) is 0 Å². The molecule has 0 aliphatic carbocycles. The van der Waals surface area contributed by atoms with Crippen LogP contribution in [-0.4, -0.2) is 29.7 Å². The highest BCUT2D eigenvalue weighted by atomic mass is 32.1. The number of aliphatic hydroxyl groups is 1. The molecule has 0 unspecified atom stereocenters. The van der Waals surface area contributed by atoms with Crippen molar-refractivity contribution in [1.82, 2.24) is 4.98 Å². The second kappa shape index (κ2) is 7.43. The molecule has 0 atom stereocenters. The Morgan fingerprint density at radius 3 is 3.10 bits per heavy atom. The van der Waals surface area contributed by atoms with E-state index in [0.717, 1.165) is 0 Å². The summed E-state index contributed by atoms with van der Waals surface area (Å²) in [5.74, 6) is 6.30. The summed E-state index contributed by atoms with van der Waals surface area (Å²) in [4.78, 5) is 16.9. The minimum absolute atomic E-state index is 0.0155. The van der Waals surface area contributed by atoms with Crippen LogP contribution >= 0.6 is 11.3 Å². The lowest BCUT2D eigenvalue weighted by atomic mass is 10.3. The summed E-state index contributed by atoms with van der Waals surface area (Å²) in [6.07, 6.45) is 0.394. The van der Waals surface area contributed by atoms with Crippen molar-refractivity contribution in [2.45, 2.75) is 6.42 Å². The molecule has 0 aliphatic rings. The van der Waals surface area contributed by atoms with Crippen LogP contribution in [0.25, 0.3) is 0 Å². The number of nitrogens with one attached hydrogen (secondary N) is 1. The number of nitrogens with zero attached hydrogens (tertiary/aromatic N) is 1. The molecule has 2 aromatic heterocycles. The highest BCUT2D eigenvalue weighted by Crippen LogP contribution is 2.25. The normalized spacial score (nSPS) is 9.62. The minimum Gasteiger partial charge on any atom is -0.495 e. The molecular formula is C15H14N2O3S. The van der Waals surface area contributed by atoms with Crippen LogP contribution < -0.4 is 10.1 Å². The van der Waals surface area contributed by atoms with Gasteiger partial charge >= 0.3 is 0 Å². The van der Waals surface area contributed by atoms with Crippen LogP contribution in [0, 0.1) is 11.8 Å². The van der Waals surface area contributed by atoms with Crippen molar-refractivity contribution >= 4 is 23.1 Å². The standard InChI is InChI=1S/C15H14N2O3S/c1-20-12-8-10-21-14(12)15(19)17-13-7-4-6-11(16-13)5-2-3-9-18/h4,6-8,10,18H,3,9H2,1H3,(H,16,17,19). The Morgan fingerprint density at radius 1 is 1.48 bits per heavy atom. The number of carbonyl (C=O) groups is 1. The number of methoxy groups -OCH3 is 1. The number of hydrogen-bond acceptors (Lipinski definition) is 5. The summed E-state index contributed by atoms with van der Waals surface area (Å²) in [5.41, 5.74) is 0.541. The van der Waals surface area contributed by atoms with E-state index in [1.54, 1.807) is 29.6 Å². The molecule has 6 heteroatoms. The molecule has 0 saturated heterocycles. The molecule has 108 valence electrons. The lowest BCUT2D eigenvalue weighted by Gasteiger charge is -2.05. The van der Waals surface area contributed by atoms with Gasteiger partial charge in [-0.2, -0.15) is 0 Å². The van der Waals surface area contributed by atoms with Crippen molar-refractivity contribution in [3.8, 4) is 17.6 Å². The van der Waals surface area contributed by atoms with E-state index in [4.69, 9.17) is 9.84 Å². The first-order chi connectivity index (χ1) is 10.2. The van der Waals surface area contributed by atoms with Crippen LogP contribution in [0.15, 0.2) is 29.6 Å². The number of aromatic nitrogens is 1. The van der Waals surface area contributed by atoms with Crippen LogP contribution in [0.1, 0.15) is 21.8 Å². The second-order valence-corrected chi connectivity index (χ2v) is 4.87. The minimum atomic E-state index is -0.269. The van der Waals surface area contributed by atoms with Crippen molar-refractivity contribution in [3.63, 3.8) is 0 Å². The van der Waals surface area contributed by atoms with Gasteiger partial charge in [0.25, 0.3) is 5.91 Å². The summed E-state index contributed by atoms with van der Waals surface area (Å²) in [7, 11) is 1.52. The quantitative estimate of drug-likeness (QED) is 0.849. The highest BCUT2D eigenvalue weighted by molar-refractivity contribution is 7.12. The van der Waals surface area contributed by atoms with Crippen molar-refractivity contribution < 1.29 is 14.6 Å². The topological polar surface area (TPSA) is 71.5 Å². The van der Waals surface area contributed by atoms with E-state index in [2.05, 4.69) is 22.1 Å². The third kappa shape index (κ3) is 4.05. The maximum atomic E-state index is 12.1. The zero-order chi connectivity index (χ0) is 15.1. The van der Waals surface area contributed by atoms with E-state index in [9.17, 15) is 4.79 Å². The number of carbonyl (C=O) groups excluding carboxylic acids is 1. The van der Waals surface area contributed by atoms with E-state index in [-0.39, 0.29) is 12.5 Å². The molecule has 2 rings (SSSR count). The first kappa shape index (κ1) is 15.0. The van der Waals surface area contributed by atoms with E-state index < -0.39 is 0 Å². The summed E-state index contributed by atoms with van der Waals surface area (Å²) in [6.45, 7) is 0.0155. The SMILES string of the molecule is COc1ccsc1C(=O)Nc1cccc(C#CCCO)n1. The van der Waals surface area contributed by atoms with Gasteiger partial charge in [-0.1, -0.05) is 12.0 Å². The fraction of sp³-hybridized carbons (Fsp3) is 0.200. The van der Waals surface area contributed by atoms with Gasteiger partial charge in [-0.05, 0) is 29.5 Å².